The number of benzene rings is 2. The molecule has 0 radical (unpaired) electrons. The number of rotatable bonds is 7. The molecular weight excluding hydrogens is 372 g/mol. The fraction of sp³-hybridized carbons (Fsp3) is 0.273. The molecule has 0 spiro atoms. The minimum absolute atomic E-state index is 0.0858. The number of hydrogen-bond donors (Lipinski definition) is 0. The Balaban J connectivity index is 1.84. The molecule has 6 heteroatoms. The summed E-state index contributed by atoms with van der Waals surface area (Å²) in [5.41, 5.74) is 2.49. The Kier molecular flexibility index (Phi) is 6.31. The highest BCUT2D eigenvalue weighted by atomic mass is 32.1. The van der Waals surface area contributed by atoms with Crippen LogP contribution in [0.25, 0.3) is 6.08 Å². The minimum atomic E-state index is -0.0858. The maximum atomic E-state index is 12.6. The molecule has 2 aromatic rings. The minimum Gasteiger partial charge on any atom is -0.490 e. The molecule has 2 aromatic carbocycles. The van der Waals surface area contributed by atoms with E-state index in [2.05, 4.69) is 0 Å². The number of thiocarbonyl (C=S) groups is 1. The van der Waals surface area contributed by atoms with Crippen LogP contribution < -0.4 is 9.47 Å². The molecule has 0 saturated carbocycles. The van der Waals surface area contributed by atoms with Gasteiger partial charge in [0.2, 0.25) is 0 Å². The topological polar surface area (TPSA) is 42.0 Å². The monoisotopic (exact) mass is 396 g/mol. The average molecular weight is 397 g/mol. The van der Waals surface area contributed by atoms with Crippen molar-refractivity contribution in [3.8, 4) is 11.5 Å². The molecule has 3 rings (SSSR count). The normalized spacial score (nSPS) is 15.5. The molecule has 0 bridgehead atoms. The molecular formula is C22H24N2O3S. The Morgan fingerprint density at radius 3 is 2.43 bits per heavy atom. The van der Waals surface area contributed by atoms with Crippen LogP contribution in [-0.2, 0) is 11.4 Å². The van der Waals surface area contributed by atoms with Crippen molar-refractivity contribution in [3.63, 3.8) is 0 Å². The van der Waals surface area contributed by atoms with Gasteiger partial charge in [-0.3, -0.25) is 9.69 Å². The molecule has 1 fully saturated rings. The second-order valence-electron chi connectivity index (χ2n) is 6.33. The highest BCUT2D eigenvalue weighted by Gasteiger charge is 2.34. The lowest BCUT2D eigenvalue weighted by atomic mass is 10.1. The van der Waals surface area contributed by atoms with Gasteiger partial charge in [-0.25, -0.2) is 0 Å². The van der Waals surface area contributed by atoms with Crippen LogP contribution >= 0.6 is 12.2 Å². The maximum absolute atomic E-state index is 12.6. The van der Waals surface area contributed by atoms with Gasteiger partial charge >= 0.3 is 0 Å². The Hall–Kier alpha value is -2.86. The summed E-state index contributed by atoms with van der Waals surface area (Å²) >= 11 is 5.35. The van der Waals surface area contributed by atoms with E-state index in [0.717, 1.165) is 11.1 Å². The second kappa shape index (κ2) is 8.89. The smallest absolute Gasteiger partial charge is 0.276 e. The Labute approximate surface area is 171 Å². The van der Waals surface area contributed by atoms with E-state index in [1.165, 1.54) is 0 Å². The van der Waals surface area contributed by atoms with Crippen LogP contribution in [0.5, 0.6) is 11.5 Å². The average Bonchev–Trinajstić information content (AvgIpc) is 2.91. The molecule has 1 amide bonds. The van der Waals surface area contributed by atoms with Gasteiger partial charge in [-0.15, -0.1) is 0 Å². The lowest BCUT2D eigenvalue weighted by Gasteiger charge is -2.14. The lowest BCUT2D eigenvalue weighted by Crippen LogP contribution is -2.30. The molecule has 1 heterocycles. The lowest BCUT2D eigenvalue weighted by molar-refractivity contribution is -0.122. The van der Waals surface area contributed by atoms with Crippen LogP contribution in [0.4, 0.5) is 0 Å². The molecule has 0 atom stereocenters. The van der Waals surface area contributed by atoms with Crippen LogP contribution in [0.2, 0.25) is 0 Å². The predicted molar refractivity (Wildman–Crippen MR) is 114 cm³/mol. The van der Waals surface area contributed by atoms with E-state index in [1.807, 2.05) is 75.5 Å². The fourth-order valence-corrected chi connectivity index (χ4v) is 3.30. The molecule has 1 aliphatic rings. The first kappa shape index (κ1) is 19.9. The molecule has 1 aliphatic heterocycles. The molecule has 5 nitrogen and oxygen atoms in total. The van der Waals surface area contributed by atoms with Crippen LogP contribution in [0, 0.1) is 0 Å². The van der Waals surface area contributed by atoms with Gasteiger partial charge in [0.15, 0.2) is 16.6 Å². The summed E-state index contributed by atoms with van der Waals surface area (Å²) in [6.07, 6.45) is 1.83. The van der Waals surface area contributed by atoms with Crippen LogP contribution in [0.3, 0.4) is 0 Å². The number of carbonyl (C=O) groups is 1. The zero-order chi connectivity index (χ0) is 20.1. The first-order valence-electron chi connectivity index (χ1n) is 9.30. The Morgan fingerprint density at radius 1 is 1.04 bits per heavy atom. The van der Waals surface area contributed by atoms with E-state index >= 15 is 0 Å². The van der Waals surface area contributed by atoms with Gasteiger partial charge in [-0.1, -0.05) is 36.4 Å². The number of ether oxygens (including phenoxy) is 2. The van der Waals surface area contributed by atoms with Gasteiger partial charge in [-0.2, -0.15) is 0 Å². The van der Waals surface area contributed by atoms with Crippen LogP contribution in [-0.4, -0.2) is 41.0 Å². The molecule has 28 heavy (non-hydrogen) atoms. The maximum Gasteiger partial charge on any atom is 0.276 e. The second-order valence-corrected chi connectivity index (χ2v) is 6.70. The summed E-state index contributed by atoms with van der Waals surface area (Å²) in [7, 11) is 1.81. The van der Waals surface area contributed by atoms with Gasteiger partial charge in [0, 0.05) is 13.6 Å². The van der Waals surface area contributed by atoms with Crippen molar-refractivity contribution in [3.05, 3.63) is 65.4 Å². The largest absolute Gasteiger partial charge is 0.490 e. The molecule has 0 aliphatic carbocycles. The number of nitrogens with zero attached hydrogens (tertiary/aromatic N) is 2. The number of carbonyl (C=O) groups excluding carboxylic acids is 1. The zero-order valence-electron chi connectivity index (χ0n) is 16.3. The number of hydrogen-bond acceptors (Lipinski definition) is 4. The standard InChI is InChI=1S/C22H24N2O3S/c1-4-24-21(25)18(23(3)22(24)28)13-17-11-12-19(20(14-17)26-5-2)27-15-16-9-7-6-8-10-16/h6-14H,4-5,15H2,1-3H3/b18-13-. The third kappa shape index (κ3) is 4.17. The Bertz CT molecular complexity index is 896. The van der Waals surface area contributed by atoms with Gasteiger partial charge < -0.3 is 14.4 Å². The van der Waals surface area contributed by atoms with Crippen molar-refractivity contribution in [2.24, 2.45) is 0 Å². The number of likely N-dealkylation sites (N-methyl/N-ethyl adjacent to an activating group) is 2. The highest BCUT2D eigenvalue weighted by molar-refractivity contribution is 7.80. The predicted octanol–water partition coefficient (Wildman–Crippen LogP) is 4.08. The third-order valence-electron chi connectivity index (χ3n) is 4.47. The molecule has 1 saturated heterocycles. The SMILES string of the molecule is CCOc1cc(/C=C2/C(=O)N(CC)C(=S)N2C)ccc1OCc1ccccc1. The van der Waals surface area contributed by atoms with Crippen molar-refractivity contribution >= 4 is 29.3 Å². The van der Waals surface area contributed by atoms with E-state index in [1.54, 1.807) is 9.80 Å². The van der Waals surface area contributed by atoms with E-state index in [4.69, 9.17) is 21.7 Å². The van der Waals surface area contributed by atoms with Crippen molar-refractivity contribution in [1.29, 1.82) is 0 Å². The Morgan fingerprint density at radius 2 is 1.79 bits per heavy atom. The van der Waals surface area contributed by atoms with E-state index in [-0.39, 0.29) is 5.91 Å². The molecule has 0 aromatic heterocycles. The van der Waals surface area contributed by atoms with Crippen LogP contribution in [0.1, 0.15) is 25.0 Å². The van der Waals surface area contributed by atoms with Crippen molar-refractivity contribution in [2.75, 3.05) is 20.2 Å². The first-order valence-corrected chi connectivity index (χ1v) is 9.70. The summed E-state index contributed by atoms with van der Waals surface area (Å²) in [5, 5.41) is 0.520. The summed E-state index contributed by atoms with van der Waals surface area (Å²) in [4.78, 5) is 15.9. The quantitative estimate of drug-likeness (QED) is 0.521. The van der Waals surface area contributed by atoms with E-state index < -0.39 is 0 Å². The van der Waals surface area contributed by atoms with Gasteiger partial charge in [0.05, 0.1) is 6.61 Å². The van der Waals surface area contributed by atoms with Gasteiger partial charge in [0.25, 0.3) is 5.91 Å². The van der Waals surface area contributed by atoms with Gasteiger partial charge in [0.1, 0.15) is 12.3 Å². The summed E-state index contributed by atoms with van der Waals surface area (Å²) in [5.74, 6) is 1.23. The zero-order valence-corrected chi connectivity index (χ0v) is 17.2. The van der Waals surface area contributed by atoms with Crippen molar-refractivity contribution in [2.45, 2.75) is 20.5 Å². The van der Waals surface area contributed by atoms with Gasteiger partial charge in [-0.05, 0) is 55.4 Å². The highest BCUT2D eigenvalue weighted by Crippen LogP contribution is 2.31. The van der Waals surface area contributed by atoms with E-state index in [0.29, 0.717) is 42.1 Å². The summed E-state index contributed by atoms with van der Waals surface area (Å²) in [6.45, 7) is 5.37. The summed E-state index contributed by atoms with van der Waals surface area (Å²) in [6, 6.07) is 15.6. The fourth-order valence-electron chi connectivity index (χ4n) is 2.99. The third-order valence-corrected chi connectivity index (χ3v) is 4.96. The van der Waals surface area contributed by atoms with Crippen molar-refractivity contribution < 1.29 is 14.3 Å². The molecule has 0 unspecified atom stereocenters. The summed E-state index contributed by atoms with van der Waals surface area (Å²) < 4.78 is 11.7. The van der Waals surface area contributed by atoms with Crippen molar-refractivity contribution in [1.82, 2.24) is 9.80 Å². The molecule has 146 valence electrons. The first-order chi connectivity index (χ1) is 13.5. The number of amides is 1. The van der Waals surface area contributed by atoms with Crippen LogP contribution in [0.15, 0.2) is 54.2 Å². The molecule has 0 N–H and O–H groups in total. The van der Waals surface area contributed by atoms with E-state index in [9.17, 15) is 4.79 Å².